The lowest BCUT2D eigenvalue weighted by molar-refractivity contribution is -0.961. The number of rotatable bonds is 1. The second-order valence-corrected chi connectivity index (χ2v) is 4.06. The Morgan fingerprint density at radius 1 is 1.62 bits per heavy atom. The maximum atomic E-state index is 6.08. The Labute approximate surface area is 79.0 Å². The predicted molar refractivity (Wildman–Crippen MR) is 49.8 cm³/mol. The third kappa shape index (κ3) is 1.84. The summed E-state index contributed by atoms with van der Waals surface area (Å²) in [7, 11) is 2.13. The van der Waals surface area contributed by atoms with Crippen molar-refractivity contribution < 1.29 is 10.3 Å². The quantitative estimate of drug-likeness (QED) is 0.344. The van der Waals surface area contributed by atoms with Crippen LogP contribution < -0.4 is 21.4 Å². The van der Waals surface area contributed by atoms with E-state index in [1.807, 2.05) is 0 Å². The van der Waals surface area contributed by atoms with Gasteiger partial charge in [0.2, 0.25) is 6.17 Å². The summed E-state index contributed by atoms with van der Waals surface area (Å²) >= 11 is 0. The van der Waals surface area contributed by atoms with Crippen LogP contribution in [0.2, 0.25) is 0 Å². The summed E-state index contributed by atoms with van der Waals surface area (Å²) in [4.78, 5) is 0. The monoisotopic (exact) mass is 186 g/mol. The topological polar surface area (TPSA) is 73.2 Å². The van der Waals surface area contributed by atoms with Gasteiger partial charge in [-0.25, -0.2) is 0 Å². The molecule has 0 aromatic carbocycles. The van der Waals surface area contributed by atoms with E-state index >= 15 is 0 Å². The molecule has 0 aliphatic carbocycles. The minimum Gasteiger partial charge on any atom is -0.399 e. The fourth-order valence-corrected chi connectivity index (χ4v) is 2.42. The van der Waals surface area contributed by atoms with Gasteiger partial charge in [0, 0.05) is 19.3 Å². The standard InChI is InChI=1S/C8H19N5/c1-13-8(11-5-12-13)6-2-3-10-4-7(6)9/h6-8,10-11,13H,2-5,9H2,1H3/p+1. The van der Waals surface area contributed by atoms with Gasteiger partial charge in [-0.1, -0.05) is 0 Å². The van der Waals surface area contributed by atoms with Crippen LogP contribution in [0.5, 0.6) is 0 Å². The van der Waals surface area contributed by atoms with Gasteiger partial charge in [-0.2, -0.15) is 0 Å². The molecule has 0 radical (unpaired) electrons. The molecule has 5 heteroatoms. The van der Waals surface area contributed by atoms with E-state index in [1.165, 1.54) is 11.4 Å². The van der Waals surface area contributed by atoms with Crippen LogP contribution in [0.3, 0.4) is 0 Å². The summed E-state index contributed by atoms with van der Waals surface area (Å²) in [5, 5.41) is 6.91. The fourth-order valence-electron chi connectivity index (χ4n) is 2.42. The molecule has 2 fully saturated rings. The summed E-state index contributed by atoms with van der Waals surface area (Å²) in [6, 6.07) is 0.304. The normalized spacial score (nSPS) is 46.6. The number of nitrogens with zero attached hydrogens (tertiary/aromatic N) is 1. The maximum absolute atomic E-state index is 6.08. The Bertz CT molecular complexity index is 174. The van der Waals surface area contributed by atoms with Gasteiger partial charge in [-0.15, -0.1) is 0 Å². The van der Waals surface area contributed by atoms with Gasteiger partial charge in [0.05, 0.1) is 13.0 Å². The zero-order valence-electron chi connectivity index (χ0n) is 8.16. The van der Waals surface area contributed by atoms with Crippen LogP contribution in [0.15, 0.2) is 0 Å². The molecule has 0 spiro atoms. The first-order valence-corrected chi connectivity index (χ1v) is 5.09. The van der Waals surface area contributed by atoms with E-state index in [1.54, 1.807) is 0 Å². The zero-order chi connectivity index (χ0) is 9.26. The van der Waals surface area contributed by atoms with Gasteiger partial charge in [-0.05, 0) is 13.0 Å². The summed E-state index contributed by atoms with van der Waals surface area (Å²) in [5.41, 5.74) is 10.5. The van der Waals surface area contributed by atoms with E-state index in [-0.39, 0.29) is 0 Å². The van der Waals surface area contributed by atoms with E-state index in [2.05, 4.69) is 23.1 Å². The lowest BCUT2D eigenvalue weighted by Crippen LogP contribution is -3.18. The van der Waals surface area contributed by atoms with E-state index < -0.39 is 0 Å². The first kappa shape index (κ1) is 9.36. The van der Waals surface area contributed by atoms with Crippen LogP contribution in [-0.2, 0) is 0 Å². The third-order valence-electron chi connectivity index (χ3n) is 3.23. The van der Waals surface area contributed by atoms with Gasteiger partial charge in [-0.3, -0.25) is 0 Å². The maximum Gasteiger partial charge on any atom is 0.206 e. The second-order valence-electron chi connectivity index (χ2n) is 4.06. The zero-order valence-corrected chi connectivity index (χ0v) is 8.16. The van der Waals surface area contributed by atoms with Crippen molar-refractivity contribution in [2.24, 2.45) is 11.7 Å². The van der Waals surface area contributed by atoms with Crippen molar-refractivity contribution in [1.29, 1.82) is 0 Å². The van der Waals surface area contributed by atoms with Crippen molar-refractivity contribution in [1.82, 2.24) is 5.32 Å². The average molecular weight is 186 g/mol. The highest BCUT2D eigenvalue weighted by atomic mass is 15.6. The molecule has 0 amide bonds. The molecule has 13 heavy (non-hydrogen) atoms. The molecule has 2 saturated heterocycles. The van der Waals surface area contributed by atoms with Gasteiger partial charge < -0.3 is 26.8 Å². The van der Waals surface area contributed by atoms with Crippen molar-refractivity contribution >= 4 is 0 Å². The molecule has 4 unspecified atom stereocenters. The molecule has 4 atom stereocenters. The first-order valence-electron chi connectivity index (χ1n) is 5.09. The lowest BCUT2D eigenvalue weighted by Gasteiger charge is -2.34. The predicted octanol–water partition coefficient (Wildman–Crippen LogP) is -3.41. The van der Waals surface area contributed by atoms with Crippen molar-refractivity contribution in [2.75, 3.05) is 26.8 Å². The van der Waals surface area contributed by atoms with E-state index in [9.17, 15) is 0 Å². The van der Waals surface area contributed by atoms with Crippen LogP contribution in [0, 0.1) is 5.92 Å². The van der Waals surface area contributed by atoms with Crippen molar-refractivity contribution in [2.45, 2.75) is 18.6 Å². The molecule has 6 N–H and O–H groups in total. The molecule has 0 saturated carbocycles. The molecule has 2 aliphatic rings. The average Bonchev–Trinajstić information content (AvgIpc) is 2.52. The van der Waals surface area contributed by atoms with Crippen LogP contribution in [0.4, 0.5) is 0 Å². The summed E-state index contributed by atoms with van der Waals surface area (Å²) in [6.45, 7) is 2.96. The Kier molecular flexibility index (Phi) is 2.80. The molecule has 2 aliphatic heterocycles. The Balaban J connectivity index is 1.97. The van der Waals surface area contributed by atoms with Gasteiger partial charge >= 0.3 is 0 Å². The molecule has 76 valence electrons. The molecule has 5 nitrogen and oxygen atoms in total. The highest BCUT2D eigenvalue weighted by Gasteiger charge is 2.36. The third-order valence-corrected chi connectivity index (χ3v) is 3.23. The van der Waals surface area contributed by atoms with Crippen molar-refractivity contribution in [3.05, 3.63) is 5.43 Å². The number of nitrogens with two attached hydrogens (primary N) is 2. The van der Waals surface area contributed by atoms with Crippen LogP contribution in [0.25, 0.3) is 5.43 Å². The number of quaternary nitrogens is 2. The molecule has 2 heterocycles. The fraction of sp³-hybridized carbons (Fsp3) is 1.00. The van der Waals surface area contributed by atoms with Gasteiger partial charge in [0.25, 0.3) is 0 Å². The molecule has 0 aromatic rings. The van der Waals surface area contributed by atoms with Crippen LogP contribution >= 0.6 is 0 Å². The SMILES string of the molecule is C[NH+]1[N-]C[NH2+]C1C1CCNCC1N. The van der Waals surface area contributed by atoms with Gasteiger partial charge in [0.1, 0.15) is 0 Å². The van der Waals surface area contributed by atoms with Crippen molar-refractivity contribution in [3.8, 4) is 0 Å². The molecular formula is C8H20N5+. The molecule has 0 aromatic heterocycles. The smallest absolute Gasteiger partial charge is 0.206 e. The van der Waals surface area contributed by atoms with Crippen molar-refractivity contribution in [3.63, 3.8) is 0 Å². The number of nitrogens with one attached hydrogen (secondary N) is 2. The number of hydrogen-bond donors (Lipinski definition) is 4. The number of hydrogen-bond acceptors (Lipinski definition) is 2. The lowest BCUT2D eigenvalue weighted by atomic mass is 9.90. The highest BCUT2D eigenvalue weighted by Crippen LogP contribution is 2.11. The molecular weight excluding hydrogens is 166 g/mol. The Hall–Kier alpha value is -0.200. The minimum atomic E-state index is 0.304. The largest absolute Gasteiger partial charge is 0.399 e. The molecule has 2 rings (SSSR count). The van der Waals surface area contributed by atoms with Crippen LogP contribution in [-0.4, -0.2) is 39.0 Å². The number of piperidine rings is 1. The summed E-state index contributed by atoms with van der Waals surface area (Å²) in [5.74, 6) is 0.618. The molecule has 0 bridgehead atoms. The Morgan fingerprint density at radius 3 is 3.08 bits per heavy atom. The highest BCUT2D eigenvalue weighted by molar-refractivity contribution is 4.82. The second kappa shape index (κ2) is 3.89. The van der Waals surface area contributed by atoms with E-state index in [0.29, 0.717) is 18.1 Å². The first-order chi connectivity index (χ1) is 6.29. The Morgan fingerprint density at radius 2 is 2.46 bits per heavy atom. The summed E-state index contributed by atoms with van der Waals surface area (Å²) < 4.78 is 0. The van der Waals surface area contributed by atoms with E-state index in [0.717, 1.165) is 19.8 Å². The van der Waals surface area contributed by atoms with Gasteiger partial charge in [0.15, 0.2) is 0 Å². The van der Waals surface area contributed by atoms with E-state index in [4.69, 9.17) is 5.73 Å². The summed E-state index contributed by atoms with van der Waals surface area (Å²) in [6.07, 6.45) is 1.74. The van der Waals surface area contributed by atoms with Crippen LogP contribution in [0.1, 0.15) is 6.42 Å². The minimum absolute atomic E-state index is 0.304.